The fraction of sp³-hybridized carbons (Fsp3) is 0.317. The van der Waals surface area contributed by atoms with Gasteiger partial charge in [-0.05, 0) is 102 Å². The first-order chi connectivity index (χ1) is 24.8. The van der Waals surface area contributed by atoms with Gasteiger partial charge in [0.05, 0.1) is 17.5 Å². The van der Waals surface area contributed by atoms with Crippen LogP contribution in [-0.2, 0) is 28.7 Å². The summed E-state index contributed by atoms with van der Waals surface area (Å²) in [6.45, 7) is 1.91. The molecule has 0 N–H and O–H groups in total. The highest BCUT2D eigenvalue weighted by atomic mass is 19.4. The summed E-state index contributed by atoms with van der Waals surface area (Å²) < 4.78 is 58.4. The second-order valence-corrected chi connectivity index (χ2v) is 14.2. The summed E-state index contributed by atoms with van der Waals surface area (Å²) in [6, 6.07) is 21.2. The smallest absolute Gasteiger partial charge is 0.416 e. The van der Waals surface area contributed by atoms with Crippen molar-refractivity contribution >= 4 is 28.1 Å². The van der Waals surface area contributed by atoms with Crippen molar-refractivity contribution in [2.45, 2.75) is 44.2 Å². The van der Waals surface area contributed by atoms with Crippen LogP contribution >= 0.6 is 0 Å². The van der Waals surface area contributed by atoms with Crippen molar-refractivity contribution in [3.63, 3.8) is 0 Å². The van der Waals surface area contributed by atoms with Crippen molar-refractivity contribution in [1.29, 1.82) is 0 Å². The Bertz CT molecular complexity index is 2280. The van der Waals surface area contributed by atoms with E-state index in [0.29, 0.717) is 46.2 Å². The van der Waals surface area contributed by atoms with Gasteiger partial charge in [0, 0.05) is 18.6 Å². The van der Waals surface area contributed by atoms with Crippen LogP contribution in [0.2, 0.25) is 0 Å². The Hall–Kier alpha value is -5.13. The number of alkyl halides is 3. The van der Waals surface area contributed by atoms with Gasteiger partial charge in [-0.3, -0.25) is 19.3 Å². The monoisotopic (exact) mass is 708 g/mol. The Morgan fingerprint density at radius 1 is 0.942 bits per heavy atom. The van der Waals surface area contributed by atoms with E-state index in [0.717, 1.165) is 28.6 Å². The first-order valence-electron chi connectivity index (χ1n) is 17.1. The SMILES string of the molecule is COC12C(=O)c3c(OCc4ccccc4)noc3C(N(C)C)C1CC1Cc3cc4ccc(-c5cccc(C(F)(F)F)c5)cc4c(C)c3C(=O)C1C2=O. The van der Waals surface area contributed by atoms with E-state index in [1.165, 1.54) is 13.2 Å². The maximum Gasteiger partial charge on any atom is 0.416 e. The van der Waals surface area contributed by atoms with Gasteiger partial charge in [0.2, 0.25) is 5.78 Å². The number of ketones is 3. The third kappa shape index (κ3) is 5.04. The minimum absolute atomic E-state index is 0.0347. The lowest BCUT2D eigenvalue weighted by Gasteiger charge is -2.52. The molecule has 1 fully saturated rings. The van der Waals surface area contributed by atoms with Gasteiger partial charge in [0.25, 0.3) is 5.88 Å². The fourth-order valence-electron chi connectivity index (χ4n) is 8.89. The lowest BCUT2D eigenvalue weighted by Crippen LogP contribution is -2.67. The van der Waals surface area contributed by atoms with Crippen molar-refractivity contribution in [3.8, 4) is 17.0 Å². The van der Waals surface area contributed by atoms with Crippen molar-refractivity contribution < 1.29 is 41.6 Å². The van der Waals surface area contributed by atoms with Gasteiger partial charge in [-0.25, -0.2) is 0 Å². The molecule has 4 aromatic carbocycles. The van der Waals surface area contributed by atoms with Crippen LogP contribution in [-0.4, -0.2) is 54.2 Å². The number of rotatable bonds is 6. The Balaban J connectivity index is 1.19. The number of carbonyl (C=O) groups is 3. The molecule has 0 spiro atoms. The molecule has 266 valence electrons. The van der Waals surface area contributed by atoms with E-state index >= 15 is 0 Å². The highest BCUT2D eigenvalue weighted by Gasteiger charge is 2.68. The van der Waals surface area contributed by atoms with Crippen molar-refractivity contribution in [1.82, 2.24) is 10.1 Å². The number of nitrogens with zero attached hydrogens (tertiary/aromatic N) is 2. The summed E-state index contributed by atoms with van der Waals surface area (Å²) in [4.78, 5) is 46.1. The van der Waals surface area contributed by atoms with Crippen molar-refractivity contribution in [2.24, 2.45) is 17.8 Å². The van der Waals surface area contributed by atoms with Crippen LogP contribution < -0.4 is 4.74 Å². The van der Waals surface area contributed by atoms with E-state index in [2.05, 4.69) is 5.16 Å². The van der Waals surface area contributed by atoms with Crippen LogP contribution in [0.15, 0.2) is 83.4 Å². The molecule has 8 rings (SSSR count). The number of aromatic nitrogens is 1. The van der Waals surface area contributed by atoms with Crippen LogP contribution in [0.4, 0.5) is 13.2 Å². The van der Waals surface area contributed by atoms with Gasteiger partial charge < -0.3 is 14.0 Å². The van der Waals surface area contributed by atoms with Gasteiger partial charge in [-0.15, -0.1) is 0 Å². The first kappa shape index (κ1) is 34.0. The molecule has 5 aromatic rings. The van der Waals surface area contributed by atoms with Crippen molar-refractivity contribution in [2.75, 3.05) is 21.2 Å². The maximum atomic E-state index is 14.9. The molecule has 11 heteroatoms. The predicted octanol–water partition coefficient (Wildman–Crippen LogP) is 7.85. The van der Waals surface area contributed by atoms with E-state index in [-0.39, 0.29) is 23.8 Å². The van der Waals surface area contributed by atoms with E-state index in [4.69, 9.17) is 14.0 Å². The molecule has 52 heavy (non-hydrogen) atoms. The van der Waals surface area contributed by atoms with Gasteiger partial charge in [-0.2, -0.15) is 13.2 Å². The predicted molar refractivity (Wildman–Crippen MR) is 185 cm³/mol. The van der Waals surface area contributed by atoms with Crippen LogP contribution in [0.25, 0.3) is 21.9 Å². The molecule has 3 aliphatic carbocycles. The molecule has 0 aliphatic heterocycles. The summed E-state index contributed by atoms with van der Waals surface area (Å²) in [7, 11) is 4.99. The second-order valence-electron chi connectivity index (χ2n) is 14.2. The molecule has 0 radical (unpaired) electrons. The zero-order valence-electron chi connectivity index (χ0n) is 28.9. The zero-order chi connectivity index (χ0) is 36.7. The van der Waals surface area contributed by atoms with E-state index in [1.807, 2.05) is 61.5 Å². The molecule has 1 aromatic heterocycles. The number of Topliss-reactive ketones (excluding diaryl/α,β-unsaturated/α-hetero) is 3. The number of benzene rings is 4. The lowest BCUT2D eigenvalue weighted by molar-refractivity contribution is -0.159. The van der Waals surface area contributed by atoms with E-state index < -0.39 is 52.7 Å². The molecule has 1 heterocycles. The molecular formula is C41H35F3N2O6. The molecule has 0 saturated heterocycles. The summed E-state index contributed by atoms with van der Waals surface area (Å²) in [5.41, 5.74) is 0.915. The molecule has 3 aliphatic rings. The Labute approximate surface area is 297 Å². The number of hydrogen-bond donors (Lipinski definition) is 0. The molecule has 5 unspecified atom stereocenters. The minimum atomic E-state index is -4.49. The molecule has 0 bridgehead atoms. The minimum Gasteiger partial charge on any atom is -0.470 e. The van der Waals surface area contributed by atoms with E-state index in [9.17, 15) is 27.6 Å². The summed E-state index contributed by atoms with van der Waals surface area (Å²) in [5.74, 6) is -3.60. The number of aryl methyl sites for hydroxylation is 1. The van der Waals surface area contributed by atoms with Gasteiger partial charge in [0.1, 0.15) is 12.2 Å². The largest absolute Gasteiger partial charge is 0.470 e. The Morgan fingerprint density at radius 3 is 2.40 bits per heavy atom. The standard InChI is InChI=1S/C41H35F3N2O6/c1-21-29-18-24(23-11-8-12-28(17-23)41(42,43)44)13-14-25(29)15-26-16-27-19-30-34(46(2)3)36-33(39(45-52-36)51-20-22-9-6-5-7-10-22)38(49)40(30,50-4)37(48)32(27)35(47)31(21)26/h5-15,17-18,27,30,32,34H,16,19-20H2,1-4H3. The Morgan fingerprint density at radius 2 is 1.69 bits per heavy atom. The first-order valence-corrected chi connectivity index (χ1v) is 17.1. The number of ether oxygens (including phenoxy) is 2. The number of fused-ring (bicyclic) bond motifs is 5. The van der Waals surface area contributed by atoms with Crippen LogP contribution in [0.1, 0.15) is 61.2 Å². The van der Waals surface area contributed by atoms with Gasteiger partial charge in [-0.1, -0.05) is 60.7 Å². The average molecular weight is 709 g/mol. The van der Waals surface area contributed by atoms with Crippen LogP contribution in [0.5, 0.6) is 5.88 Å². The average Bonchev–Trinajstić information content (AvgIpc) is 3.54. The normalized spacial score (nSPS) is 24.0. The third-order valence-electron chi connectivity index (χ3n) is 11.2. The van der Waals surface area contributed by atoms with Gasteiger partial charge in [0.15, 0.2) is 22.9 Å². The number of carbonyl (C=O) groups excluding carboxylic acids is 3. The number of hydrogen-bond acceptors (Lipinski definition) is 8. The van der Waals surface area contributed by atoms with Crippen LogP contribution in [0, 0.1) is 24.7 Å². The maximum absolute atomic E-state index is 14.9. The lowest BCUT2D eigenvalue weighted by atomic mass is 9.54. The van der Waals surface area contributed by atoms with Crippen LogP contribution in [0.3, 0.4) is 0 Å². The number of methoxy groups -OCH3 is 1. The zero-order valence-corrected chi connectivity index (χ0v) is 28.9. The molecule has 5 atom stereocenters. The summed E-state index contributed by atoms with van der Waals surface area (Å²) in [5, 5.41) is 5.66. The Kier molecular flexibility index (Phi) is 8.00. The van der Waals surface area contributed by atoms with Crippen molar-refractivity contribution in [3.05, 3.63) is 118 Å². The highest BCUT2D eigenvalue weighted by Crippen LogP contribution is 2.56. The quantitative estimate of drug-likeness (QED) is 0.165. The van der Waals surface area contributed by atoms with Gasteiger partial charge >= 0.3 is 6.18 Å². The molecule has 1 saturated carbocycles. The molecule has 8 nitrogen and oxygen atoms in total. The molecule has 0 amide bonds. The number of halogens is 3. The summed E-state index contributed by atoms with van der Waals surface area (Å²) in [6.07, 6.45) is -3.74. The second kappa shape index (κ2) is 12.2. The fourth-order valence-corrected chi connectivity index (χ4v) is 8.89. The third-order valence-corrected chi connectivity index (χ3v) is 11.2. The topological polar surface area (TPSA) is 98.9 Å². The summed E-state index contributed by atoms with van der Waals surface area (Å²) >= 11 is 0. The molecular weight excluding hydrogens is 673 g/mol. The van der Waals surface area contributed by atoms with E-state index in [1.54, 1.807) is 25.1 Å². The highest BCUT2D eigenvalue weighted by molar-refractivity contribution is 6.27.